The van der Waals surface area contributed by atoms with Gasteiger partial charge in [-0.05, 0) is 0 Å². The molecule has 1 aromatic rings. The Hall–Kier alpha value is -2.90. The van der Waals surface area contributed by atoms with Gasteiger partial charge in [0.2, 0.25) is 6.41 Å². The fourth-order valence-electron chi connectivity index (χ4n) is 2.94. The van der Waals surface area contributed by atoms with Gasteiger partial charge < -0.3 is 20.5 Å². The normalized spacial score (nSPS) is 20.5. The summed E-state index contributed by atoms with van der Waals surface area (Å²) in [5.74, 6) is -2.98. The van der Waals surface area contributed by atoms with Gasteiger partial charge in [0, 0.05) is 29.2 Å². The Morgan fingerprint density at radius 1 is 1.45 bits per heavy atom. The van der Waals surface area contributed by atoms with E-state index in [4.69, 9.17) is 16.3 Å². The summed E-state index contributed by atoms with van der Waals surface area (Å²) in [5, 5.41) is 15.6. The number of rotatable bonds is 8. The number of thiazole rings is 1. The molecule has 1 fully saturated rings. The maximum Gasteiger partial charge on any atom is 0.352 e. The number of nitrogens with zero attached hydrogens (tertiary/aromatic N) is 2. The number of hydrogen-bond donors (Lipinski definition) is 3. The minimum Gasteiger partial charge on any atom is -0.477 e. The minimum atomic E-state index is -1.33. The summed E-state index contributed by atoms with van der Waals surface area (Å²) in [4.78, 5) is 63.7. The molecule has 3 N–H and O–H groups in total. The number of ether oxygens (including phenoxy) is 1. The molecule has 0 saturated carbocycles. The van der Waals surface area contributed by atoms with Gasteiger partial charge in [0.05, 0.1) is 11.3 Å². The van der Waals surface area contributed by atoms with Gasteiger partial charge in [0.15, 0.2) is 5.13 Å². The summed E-state index contributed by atoms with van der Waals surface area (Å²) in [7, 11) is 0. The molecule has 0 radical (unpaired) electrons. The van der Waals surface area contributed by atoms with Crippen LogP contribution in [0.5, 0.6) is 0 Å². The van der Waals surface area contributed by atoms with Crippen LogP contribution in [0.25, 0.3) is 5.57 Å². The van der Waals surface area contributed by atoms with Crippen molar-refractivity contribution in [2.45, 2.75) is 18.3 Å². The maximum atomic E-state index is 12.7. The summed E-state index contributed by atoms with van der Waals surface area (Å²) in [5.41, 5.74) is 1.23. The van der Waals surface area contributed by atoms with Gasteiger partial charge >= 0.3 is 11.9 Å². The molecule has 0 aliphatic carbocycles. The highest BCUT2D eigenvalue weighted by atomic mass is 35.5. The van der Waals surface area contributed by atoms with Crippen LogP contribution in [0, 0.1) is 0 Å². The number of thioether (sulfide) groups is 1. The average molecular weight is 487 g/mol. The molecule has 14 heteroatoms. The van der Waals surface area contributed by atoms with Crippen LogP contribution in [0.4, 0.5) is 5.13 Å². The van der Waals surface area contributed by atoms with E-state index in [-0.39, 0.29) is 34.5 Å². The second-order valence-electron chi connectivity index (χ2n) is 6.22. The van der Waals surface area contributed by atoms with Crippen LogP contribution in [-0.4, -0.2) is 68.9 Å². The summed E-state index contributed by atoms with van der Waals surface area (Å²) in [6, 6.07) is -0.972. The van der Waals surface area contributed by atoms with Crippen molar-refractivity contribution < 1.29 is 33.8 Å². The quantitative estimate of drug-likeness (QED) is 0.207. The van der Waals surface area contributed by atoms with Gasteiger partial charge in [-0.3, -0.25) is 24.1 Å². The lowest BCUT2D eigenvalue weighted by Gasteiger charge is -2.49. The Morgan fingerprint density at radius 2 is 2.19 bits per heavy atom. The van der Waals surface area contributed by atoms with Crippen LogP contribution in [0.1, 0.15) is 12.6 Å². The third-order valence-corrected chi connectivity index (χ3v) is 6.63. The van der Waals surface area contributed by atoms with Crippen LogP contribution >= 0.6 is 34.7 Å². The number of halogens is 1. The molecule has 31 heavy (non-hydrogen) atoms. The zero-order valence-corrected chi connectivity index (χ0v) is 18.2. The van der Waals surface area contributed by atoms with Gasteiger partial charge in [-0.1, -0.05) is 11.6 Å². The number of fused-ring (bicyclic) bond motifs is 1. The average Bonchev–Trinajstić information content (AvgIpc) is 3.18. The van der Waals surface area contributed by atoms with Crippen molar-refractivity contribution in [2.75, 3.05) is 17.7 Å². The number of nitrogens with one attached hydrogen (secondary N) is 2. The number of hydrogen-bond acceptors (Lipinski definition) is 9. The van der Waals surface area contributed by atoms with E-state index < -0.39 is 35.2 Å². The molecular formula is C17H15ClN4O7S2. The first-order chi connectivity index (χ1) is 14.8. The van der Waals surface area contributed by atoms with Crippen LogP contribution in [0.3, 0.4) is 0 Å². The first-order valence-electron chi connectivity index (χ1n) is 8.59. The highest BCUT2D eigenvalue weighted by Crippen LogP contribution is 2.40. The van der Waals surface area contributed by atoms with Gasteiger partial charge in [-0.25, -0.2) is 9.78 Å². The first-order valence-corrected chi connectivity index (χ1v) is 11.0. The van der Waals surface area contributed by atoms with Crippen molar-refractivity contribution in [3.63, 3.8) is 0 Å². The van der Waals surface area contributed by atoms with E-state index in [9.17, 15) is 29.1 Å². The molecule has 11 nitrogen and oxygen atoms in total. The molecule has 3 amide bonds. The van der Waals surface area contributed by atoms with E-state index in [0.29, 0.717) is 12.0 Å². The van der Waals surface area contributed by atoms with Crippen LogP contribution in [0.15, 0.2) is 22.2 Å². The van der Waals surface area contributed by atoms with Crippen molar-refractivity contribution in [3.05, 3.63) is 27.9 Å². The van der Waals surface area contributed by atoms with E-state index in [1.165, 1.54) is 24.1 Å². The number of aromatic nitrogens is 1. The SMILES string of the molecule is CC(=O)OCC1=C(C(=O)O)N2C(=O)C(NC(=O)C(=CCl)c3csc(NC=O)n3)[C@H]2SC1. The summed E-state index contributed by atoms with van der Waals surface area (Å²) < 4.78 is 4.87. The van der Waals surface area contributed by atoms with Crippen molar-refractivity contribution in [3.8, 4) is 0 Å². The van der Waals surface area contributed by atoms with Gasteiger partial charge in [-0.15, -0.1) is 23.1 Å². The molecule has 1 unspecified atom stereocenters. The van der Waals surface area contributed by atoms with Crippen molar-refractivity contribution in [1.82, 2.24) is 15.2 Å². The number of carbonyl (C=O) groups excluding carboxylic acids is 4. The predicted octanol–water partition coefficient (Wildman–Crippen LogP) is 0.593. The fourth-order valence-corrected chi connectivity index (χ4v) is 5.15. The molecule has 1 aromatic heterocycles. The summed E-state index contributed by atoms with van der Waals surface area (Å²) >= 11 is 8.09. The fraction of sp³-hybridized carbons (Fsp3) is 0.294. The van der Waals surface area contributed by atoms with E-state index in [2.05, 4.69) is 15.6 Å². The first kappa shape index (κ1) is 22.8. The number of β-lactam (4-membered cyclic amide) rings is 1. The number of anilines is 1. The Kier molecular flexibility index (Phi) is 6.97. The lowest BCUT2D eigenvalue weighted by Crippen LogP contribution is -2.70. The molecule has 1 saturated heterocycles. The maximum absolute atomic E-state index is 12.7. The molecule has 2 atom stereocenters. The number of carboxylic acid groups (broad SMARTS) is 1. The Bertz CT molecular complexity index is 1020. The molecule has 0 aromatic carbocycles. The highest BCUT2D eigenvalue weighted by Gasteiger charge is 2.54. The molecular weight excluding hydrogens is 472 g/mol. The van der Waals surface area contributed by atoms with Crippen LogP contribution < -0.4 is 10.6 Å². The monoisotopic (exact) mass is 486 g/mol. The Labute approximate surface area is 188 Å². The number of carboxylic acids is 1. The molecule has 0 spiro atoms. The Balaban J connectivity index is 1.74. The Morgan fingerprint density at radius 3 is 2.81 bits per heavy atom. The molecule has 3 rings (SSSR count). The smallest absolute Gasteiger partial charge is 0.352 e. The lowest BCUT2D eigenvalue weighted by atomic mass is 10.0. The van der Waals surface area contributed by atoms with Crippen LogP contribution in [0.2, 0.25) is 0 Å². The molecule has 2 aliphatic rings. The predicted molar refractivity (Wildman–Crippen MR) is 112 cm³/mol. The second kappa shape index (κ2) is 9.49. The standard InChI is InChI=1S/C17H15ClN4O7S2/c1-7(24)29-3-8-4-30-15-11(14(26)22(15)12(8)16(27)28)21-13(25)9(2-18)10-5-31-17(20-10)19-6-23/h2,5-6,11,15H,3-4H2,1H3,(H,21,25)(H,27,28)(H,19,20,23)/t11?,15-/m1/s1. The third kappa shape index (κ3) is 4.57. The number of carbonyl (C=O) groups is 5. The summed E-state index contributed by atoms with van der Waals surface area (Å²) in [6.07, 6.45) is 0.442. The van der Waals surface area contributed by atoms with Gasteiger partial charge in [0.1, 0.15) is 23.7 Å². The van der Waals surface area contributed by atoms with E-state index >= 15 is 0 Å². The molecule has 0 bridgehead atoms. The number of aliphatic carboxylic acids is 1. The van der Waals surface area contributed by atoms with E-state index in [0.717, 1.165) is 21.8 Å². The lowest BCUT2D eigenvalue weighted by molar-refractivity contribution is -0.150. The minimum absolute atomic E-state index is 0.0199. The number of amides is 3. The summed E-state index contributed by atoms with van der Waals surface area (Å²) in [6.45, 7) is 0.958. The van der Waals surface area contributed by atoms with Gasteiger partial charge in [-0.2, -0.15) is 0 Å². The van der Waals surface area contributed by atoms with Crippen molar-refractivity contribution in [2.24, 2.45) is 0 Å². The molecule has 164 valence electrons. The highest BCUT2D eigenvalue weighted by molar-refractivity contribution is 8.00. The van der Waals surface area contributed by atoms with Crippen molar-refractivity contribution in [1.29, 1.82) is 0 Å². The zero-order valence-electron chi connectivity index (χ0n) is 15.8. The van der Waals surface area contributed by atoms with E-state index in [1.54, 1.807) is 0 Å². The second-order valence-corrected chi connectivity index (χ2v) is 8.40. The number of esters is 1. The van der Waals surface area contributed by atoms with E-state index in [1.807, 2.05) is 0 Å². The largest absolute Gasteiger partial charge is 0.477 e. The third-order valence-electron chi connectivity index (χ3n) is 4.30. The topological polar surface area (TPSA) is 155 Å². The van der Waals surface area contributed by atoms with Gasteiger partial charge in [0.25, 0.3) is 11.8 Å². The van der Waals surface area contributed by atoms with Crippen molar-refractivity contribution >= 4 is 75.6 Å². The molecule has 2 aliphatic heterocycles. The molecule has 3 heterocycles. The zero-order chi connectivity index (χ0) is 22.7. The van der Waals surface area contributed by atoms with Crippen LogP contribution in [-0.2, 0) is 28.7 Å².